The van der Waals surface area contributed by atoms with E-state index in [4.69, 9.17) is 21.1 Å². The Bertz CT molecular complexity index is 2190. The van der Waals surface area contributed by atoms with Crippen molar-refractivity contribution in [2.75, 3.05) is 19.7 Å². The number of benzene rings is 5. The number of nitrogens with one attached hydrogen (secondary N) is 1. The van der Waals surface area contributed by atoms with E-state index in [1.807, 2.05) is 36.4 Å². The van der Waals surface area contributed by atoms with Crippen LogP contribution in [0.25, 0.3) is 11.1 Å². The number of rotatable bonds is 10. The number of esters is 1. The van der Waals surface area contributed by atoms with Gasteiger partial charge in [0, 0.05) is 27.6 Å². The molecule has 1 fully saturated rings. The molecular weight excluding hydrogens is 774 g/mol. The summed E-state index contributed by atoms with van der Waals surface area (Å²) in [6.45, 7) is -4.53. The Morgan fingerprint density at radius 1 is 0.702 bits per heavy atom. The van der Waals surface area contributed by atoms with Crippen LogP contribution in [0.4, 0.5) is 31.1 Å². The minimum atomic E-state index is -5.79. The standard InChI is InChI=1S/C43H33ClF6N2O5/c44-35-22-12-11-21-34(35)42(27-13-3-1-4-14-27,28-15-5-2-6-16-28)57-37(53)23-36(38(54)52-25-40(45,46)43(49,50)41(47,48)26-52)51-39(55)56-24-33-31-19-9-7-17-29(31)30-18-8-10-20-32(30)33/h1-22,33,36H,23-26H2,(H,51,55)/t36-/m0/s1. The number of fused-ring (bicyclic) bond motifs is 3. The summed E-state index contributed by atoms with van der Waals surface area (Å²) in [4.78, 5) is 41.4. The molecule has 1 N–H and O–H groups in total. The molecule has 1 aliphatic carbocycles. The van der Waals surface area contributed by atoms with Crippen molar-refractivity contribution < 1.29 is 50.2 Å². The summed E-state index contributed by atoms with van der Waals surface area (Å²) in [7, 11) is 0. The summed E-state index contributed by atoms with van der Waals surface area (Å²) in [5.74, 6) is -19.9. The molecular formula is C43H33ClF6N2O5. The highest BCUT2D eigenvalue weighted by Gasteiger charge is 2.75. The number of alkyl halides is 6. The molecule has 0 radical (unpaired) electrons. The van der Waals surface area contributed by atoms with Gasteiger partial charge in [-0.1, -0.05) is 139 Å². The van der Waals surface area contributed by atoms with Crippen molar-refractivity contribution in [1.29, 1.82) is 0 Å². The Labute approximate surface area is 328 Å². The molecule has 14 heteroatoms. The van der Waals surface area contributed by atoms with Crippen molar-refractivity contribution in [2.45, 2.75) is 41.7 Å². The average Bonchev–Trinajstić information content (AvgIpc) is 3.52. The van der Waals surface area contributed by atoms with Crippen LogP contribution in [-0.4, -0.2) is 66.4 Å². The highest BCUT2D eigenvalue weighted by molar-refractivity contribution is 6.31. The van der Waals surface area contributed by atoms with Crippen LogP contribution in [0, 0.1) is 0 Å². The summed E-state index contributed by atoms with van der Waals surface area (Å²) in [5, 5.41) is 2.32. The van der Waals surface area contributed by atoms with Gasteiger partial charge in [0.05, 0.1) is 19.5 Å². The van der Waals surface area contributed by atoms with Crippen LogP contribution in [0.5, 0.6) is 0 Å². The lowest BCUT2D eigenvalue weighted by Gasteiger charge is -2.43. The zero-order valence-corrected chi connectivity index (χ0v) is 30.6. The average molecular weight is 807 g/mol. The third-order valence-electron chi connectivity index (χ3n) is 10.2. The van der Waals surface area contributed by atoms with Crippen LogP contribution >= 0.6 is 11.6 Å². The van der Waals surface area contributed by atoms with Gasteiger partial charge in [0.2, 0.25) is 5.91 Å². The Balaban J connectivity index is 1.21. The predicted molar refractivity (Wildman–Crippen MR) is 198 cm³/mol. The number of hydrogen-bond donors (Lipinski definition) is 1. The van der Waals surface area contributed by atoms with Crippen LogP contribution in [-0.2, 0) is 24.7 Å². The number of halogens is 7. The van der Waals surface area contributed by atoms with E-state index in [1.54, 1.807) is 97.1 Å². The van der Waals surface area contributed by atoms with E-state index < -0.39 is 72.8 Å². The third kappa shape index (κ3) is 7.20. The largest absolute Gasteiger partial charge is 0.449 e. The highest BCUT2D eigenvalue weighted by atomic mass is 35.5. The second kappa shape index (κ2) is 15.3. The number of carbonyl (C=O) groups is 3. The minimum absolute atomic E-state index is 0.168. The molecule has 0 bridgehead atoms. The van der Waals surface area contributed by atoms with Gasteiger partial charge in [-0.2, -0.15) is 26.3 Å². The second-order valence-corrected chi connectivity index (χ2v) is 14.2. The van der Waals surface area contributed by atoms with Gasteiger partial charge in [-0.15, -0.1) is 0 Å². The topological polar surface area (TPSA) is 84.9 Å². The minimum Gasteiger partial charge on any atom is -0.449 e. The SMILES string of the molecule is O=C(C[C@H](NC(=O)OCC1c2ccccc2-c2ccccc21)C(=O)N1CC(F)(F)C(F)(F)C(F)(F)C1)OC(c1ccccc1)(c1ccccc1)c1ccccc1Cl. The van der Waals surface area contributed by atoms with E-state index in [0.717, 1.165) is 22.3 Å². The smallest absolute Gasteiger partial charge is 0.407 e. The number of alkyl carbamates (subject to hydrolysis) is 1. The maximum Gasteiger partial charge on any atom is 0.407 e. The zero-order valence-electron chi connectivity index (χ0n) is 29.8. The molecule has 1 saturated heterocycles. The molecule has 1 heterocycles. The molecule has 57 heavy (non-hydrogen) atoms. The first-order valence-electron chi connectivity index (χ1n) is 17.8. The summed E-state index contributed by atoms with van der Waals surface area (Å²) in [5.41, 5.74) is 2.72. The maximum atomic E-state index is 14.6. The van der Waals surface area contributed by atoms with Crippen LogP contribution in [0.2, 0.25) is 5.02 Å². The van der Waals surface area contributed by atoms with Crippen molar-refractivity contribution in [1.82, 2.24) is 10.2 Å². The lowest BCUT2D eigenvalue weighted by Crippen LogP contribution is -2.69. The first-order valence-corrected chi connectivity index (χ1v) is 18.2. The molecule has 1 atom stereocenters. The van der Waals surface area contributed by atoms with E-state index in [1.165, 1.54) is 0 Å². The molecule has 7 nitrogen and oxygen atoms in total. The van der Waals surface area contributed by atoms with Crippen molar-refractivity contribution in [2.24, 2.45) is 0 Å². The number of piperidine rings is 1. The van der Waals surface area contributed by atoms with Gasteiger partial charge >= 0.3 is 29.8 Å². The zero-order chi connectivity index (χ0) is 40.6. The summed E-state index contributed by atoms with van der Waals surface area (Å²) >= 11 is 6.72. The van der Waals surface area contributed by atoms with Gasteiger partial charge in [-0.05, 0) is 28.3 Å². The number of amides is 2. The quantitative estimate of drug-likeness (QED) is 0.0865. The van der Waals surface area contributed by atoms with Gasteiger partial charge in [0.15, 0.2) is 5.60 Å². The van der Waals surface area contributed by atoms with E-state index in [-0.39, 0.29) is 22.1 Å². The van der Waals surface area contributed by atoms with E-state index in [2.05, 4.69) is 5.32 Å². The fourth-order valence-electron chi connectivity index (χ4n) is 7.48. The number of carbonyl (C=O) groups excluding carboxylic acids is 3. The lowest BCUT2D eigenvalue weighted by atomic mass is 9.80. The number of likely N-dealkylation sites (tertiary alicyclic amines) is 1. The van der Waals surface area contributed by atoms with Gasteiger partial charge in [-0.3, -0.25) is 9.59 Å². The second-order valence-electron chi connectivity index (χ2n) is 13.8. The molecule has 5 aromatic rings. The molecule has 7 rings (SSSR count). The Morgan fingerprint density at radius 3 is 1.70 bits per heavy atom. The van der Waals surface area contributed by atoms with Crippen molar-refractivity contribution in [3.05, 3.63) is 166 Å². The maximum absolute atomic E-state index is 14.6. The lowest BCUT2D eigenvalue weighted by molar-refractivity contribution is -0.335. The fraction of sp³-hybridized carbons (Fsp3) is 0.233. The monoisotopic (exact) mass is 806 g/mol. The van der Waals surface area contributed by atoms with Gasteiger partial charge in [0.25, 0.3) is 0 Å². The fourth-order valence-corrected chi connectivity index (χ4v) is 7.75. The molecule has 2 aliphatic rings. The molecule has 0 unspecified atom stereocenters. The highest BCUT2D eigenvalue weighted by Crippen LogP contribution is 2.50. The molecule has 0 aromatic heterocycles. The normalized spacial score (nSPS) is 17.1. The van der Waals surface area contributed by atoms with Crippen LogP contribution in [0.1, 0.15) is 40.2 Å². The third-order valence-corrected chi connectivity index (χ3v) is 10.5. The molecule has 0 spiro atoms. The first-order chi connectivity index (χ1) is 27.2. The van der Waals surface area contributed by atoms with Crippen molar-refractivity contribution in [3.8, 4) is 11.1 Å². The molecule has 1 aliphatic heterocycles. The summed E-state index contributed by atoms with van der Waals surface area (Å²) in [6.07, 6.45) is -2.44. The van der Waals surface area contributed by atoms with Crippen LogP contribution < -0.4 is 5.32 Å². The number of ether oxygens (including phenoxy) is 2. The molecule has 294 valence electrons. The molecule has 0 saturated carbocycles. The van der Waals surface area contributed by atoms with Gasteiger partial charge < -0.3 is 19.7 Å². The van der Waals surface area contributed by atoms with E-state index >= 15 is 0 Å². The van der Waals surface area contributed by atoms with Crippen LogP contribution in [0.15, 0.2) is 133 Å². The van der Waals surface area contributed by atoms with Crippen molar-refractivity contribution >= 4 is 29.6 Å². The Morgan fingerprint density at radius 2 is 1.18 bits per heavy atom. The Kier molecular flexibility index (Phi) is 10.6. The predicted octanol–water partition coefficient (Wildman–Crippen LogP) is 9.22. The molecule has 2 amide bonds. The molecule has 5 aromatic carbocycles. The van der Waals surface area contributed by atoms with E-state index in [0.29, 0.717) is 11.1 Å². The van der Waals surface area contributed by atoms with Crippen molar-refractivity contribution in [3.63, 3.8) is 0 Å². The van der Waals surface area contributed by atoms with Gasteiger partial charge in [0.1, 0.15) is 12.6 Å². The van der Waals surface area contributed by atoms with Crippen LogP contribution in [0.3, 0.4) is 0 Å². The Hall–Kier alpha value is -5.82. The number of hydrogen-bond acceptors (Lipinski definition) is 5. The first kappa shape index (κ1) is 39.4. The summed E-state index contributed by atoms with van der Waals surface area (Å²) in [6, 6.07) is 35.8. The summed E-state index contributed by atoms with van der Waals surface area (Å²) < 4.78 is 98.5. The number of nitrogens with zero attached hydrogens (tertiary/aromatic N) is 1. The van der Waals surface area contributed by atoms with Gasteiger partial charge in [-0.25, -0.2) is 4.79 Å². The van der Waals surface area contributed by atoms with E-state index in [9.17, 15) is 40.7 Å².